The van der Waals surface area contributed by atoms with E-state index >= 15 is 0 Å². The highest BCUT2D eigenvalue weighted by molar-refractivity contribution is 7.81. The highest BCUT2D eigenvalue weighted by atomic mass is 32.3. The van der Waals surface area contributed by atoms with Crippen LogP contribution < -0.4 is 0 Å². The van der Waals surface area contributed by atoms with Gasteiger partial charge in [0, 0.05) is 0 Å². The first-order chi connectivity index (χ1) is 3.71. The van der Waals surface area contributed by atoms with E-state index in [0.29, 0.717) is 0 Å². The van der Waals surface area contributed by atoms with Gasteiger partial charge in [-0.3, -0.25) is 0 Å². The zero-order chi connectivity index (χ0) is 7.71. The predicted octanol–water partition coefficient (Wildman–Crippen LogP) is 1.02. The summed E-state index contributed by atoms with van der Waals surface area (Å²) in [6.07, 6.45) is 0. The van der Waals surface area contributed by atoms with Crippen molar-refractivity contribution in [2.75, 3.05) is 0 Å². The lowest BCUT2D eigenvalue weighted by Gasteiger charge is -2.13. The van der Waals surface area contributed by atoms with E-state index in [1.54, 1.807) is 0 Å². The van der Waals surface area contributed by atoms with Crippen LogP contribution in [-0.4, -0.2) is 14.0 Å². The summed E-state index contributed by atoms with van der Waals surface area (Å²) in [5, 5.41) is 0. The van der Waals surface area contributed by atoms with Gasteiger partial charge in [-0.1, -0.05) is 3.89 Å². The van der Waals surface area contributed by atoms with Gasteiger partial charge in [0.15, 0.2) is 0 Å². The van der Waals surface area contributed by atoms with Crippen LogP contribution in [0.4, 0.5) is 3.89 Å². The van der Waals surface area contributed by atoms with Gasteiger partial charge in [-0.05, 0) is 20.8 Å². The van der Waals surface area contributed by atoms with E-state index in [9.17, 15) is 12.3 Å². The molecule has 0 fully saturated rings. The fourth-order valence-electron chi connectivity index (χ4n) is 0.299. The molecule has 0 aromatic heterocycles. The van der Waals surface area contributed by atoms with Crippen LogP contribution in [0.5, 0.6) is 0 Å². The van der Waals surface area contributed by atoms with Crippen molar-refractivity contribution in [1.29, 1.82) is 0 Å². The summed E-state index contributed by atoms with van der Waals surface area (Å²) in [4.78, 5) is 0. The van der Waals surface area contributed by atoms with Gasteiger partial charge in [0.2, 0.25) is 0 Å². The quantitative estimate of drug-likeness (QED) is 0.532. The number of halogens is 1. The first kappa shape index (κ1) is 8.84. The van der Waals surface area contributed by atoms with Gasteiger partial charge in [0.1, 0.15) is 0 Å². The number of hydrogen-bond acceptors (Lipinski definition) is 3. The molecule has 0 aliphatic heterocycles. The summed E-state index contributed by atoms with van der Waals surface area (Å²) in [7, 11) is -4.78. The van der Waals surface area contributed by atoms with Gasteiger partial charge in [-0.2, -0.15) is 8.42 Å². The molecule has 0 radical (unpaired) electrons. The average molecular weight is 156 g/mol. The Morgan fingerprint density at radius 3 is 1.67 bits per heavy atom. The number of rotatable bonds is 1. The monoisotopic (exact) mass is 156 g/mol. The Labute approximate surface area is 54.2 Å². The van der Waals surface area contributed by atoms with E-state index in [4.69, 9.17) is 0 Å². The number of hydrogen-bond donors (Lipinski definition) is 0. The van der Waals surface area contributed by atoms with Crippen LogP contribution in [0.15, 0.2) is 0 Å². The Bertz CT molecular complexity index is 176. The van der Waals surface area contributed by atoms with Gasteiger partial charge >= 0.3 is 10.5 Å². The van der Waals surface area contributed by atoms with Gasteiger partial charge in [0.25, 0.3) is 0 Å². The Balaban J connectivity index is 4.07. The summed E-state index contributed by atoms with van der Waals surface area (Å²) in [5.41, 5.74) is -0.979. The second-order valence-electron chi connectivity index (χ2n) is 2.59. The topological polar surface area (TPSA) is 43.4 Å². The Morgan fingerprint density at radius 2 is 1.67 bits per heavy atom. The minimum absolute atomic E-state index is 0.979. The first-order valence-electron chi connectivity index (χ1n) is 2.36. The lowest BCUT2D eigenvalue weighted by molar-refractivity contribution is 0.129. The summed E-state index contributed by atoms with van der Waals surface area (Å²) >= 11 is 0. The SMILES string of the molecule is CC(C)(C)OS(=O)(=O)F. The van der Waals surface area contributed by atoms with Crippen LogP contribution in [-0.2, 0) is 14.7 Å². The molecule has 0 saturated heterocycles. The molecule has 0 unspecified atom stereocenters. The third-order valence-corrected chi connectivity index (χ3v) is 1.05. The second kappa shape index (κ2) is 2.22. The minimum Gasteiger partial charge on any atom is -0.239 e. The molecule has 0 atom stereocenters. The maximum absolute atomic E-state index is 11.6. The zero-order valence-corrected chi connectivity index (χ0v) is 6.33. The Kier molecular flexibility index (Phi) is 2.19. The van der Waals surface area contributed by atoms with Crippen molar-refractivity contribution in [3.8, 4) is 0 Å². The van der Waals surface area contributed by atoms with Crippen molar-refractivity contribution in [1.82, 2.24) is 0 Å². The molecule has 5 heteroatoms. The van der Waals surface area contributed by atoms with Crippen molar-refractivity contribution in [3.05, 3.63) is 0 Å². The summed E-state index contributed by atoms with van der Waals surface area (Å²) in [5.74, 6) is 0. The molecule has 0 amide bonds. The summed E-state index contributed by atoms with van der Waals surface area (Å²) < 4.78 is 35.1. The fourth-order valence-corrected chi connectivity index (χ4v) is 0.896. The van der Waals surface area contributed by atoms with Crippen LogP contribution in [0.25, 0.3) is 0 Å². The van der Waals surface area contributed by atoms with E-state index in [-0.39, 0.29) is 0 Å². The van der Waals surface area contributed by atoms with Crippen LogP contribution in [0, 0.1) is 0 Å². The Morgan fingerprint density at radius 1 is 1.33 bits per heavy atom. The van der Waals surface area contributed by atoms with Crippen molar-refractivity contribution in [2.45, 2.75) is 26.4 Å². The van der Waals surface area contributed by atoms with Crippen molar-refractivity contribution in [3.63, 3.8) is 0 Å². The molecule has 0 aliphatic rings. The smallest absolute Gasteiger partial charge is 0.239 e. The van der Waals surface area contributed by atoms with Gasteiger partial charge < -0.3 is 0 Å². The molecule has 0 aromatic carbocycles. The molecule has 9 heavy (non-hydrogen) atoms. The third kappa shape index (κ3) is 7.84. The molecule has 0 saturated carbocycles. The van der Waals surface area contributed by atoms with Crippen molar-refractivity contribution in [2.24, 2.45) is 0 Å². The molecular weight excluding hydrogens is 147 g/mol. The van der Waals surface area contributed by atoms with E-state index < -0.39 is 16.1 Å². The largest absolute Gasteiger partial charge is 0.438 e. The summed E-state index contributed by atoms with van der Waals surface area (Å²) in [6.45, 7) is 4.35. The fraction of sp³-hybridized carbons (Fsp3) is 1.00. The van der Waals surface area contributed by atoms with Gasteiger partial charge in [-0.25, -0.2) is 4.18 Å². The molecule has 0 N–H and O–H groups in total. The Hall–Kier alpha value is -0.160. The highest BCUT2D eigenvalue weighted by Gasteiger charge is 2.20. The highest BCUT2D eigenvalue weighted by Crippen LogP contribution is 2.11. The molecule has 56 valence electrons. The normalized spacial score (nSPS) is 13.8. The van der Waals surface area contributed by atoms with Gasteiger partial charge in [0.05, 0.1) is 5.60 Å². The molecule has 0 spiro atoms. The van der Waals surface area contributed by atoms with Crippen molar-refractivity contribution >= 4 is 10.5 Å². The molecule has 0 heterocycles. The lowest BCUT2D eigenvalue weighted by atomic mass is 10.2. The lowest BCUT2D eigenvalue weighted by Crippen LogP contribution is -2.21. The molecule has 3 nitrogen and oxygen atoms in total. The van der Waals surface area contributed by atoms with E-state index in [0.717, 1.165) is 0 Å². The maximum Gasteiger partial charge on any atom is 0.438 e. The second-order valence-corrected chi connectivity index (χ2v) is 3.54. The third-order valence-electron chi connectivity index (χ3n) is 0.350. The van der Waals surface area contributed by atoms with Crippen LogP contribution in [0.3, 0.4) is 0 Å². The first-order valence-corrected chi connectivity index (χ1v) is 3.67. The molecular formula is C4H9FO3S. The van der Waals surface area contributed by atoms with Crippen LogP contribution in [0.2, 0.25) is 0 Å². The van der Waals surface area contributed by atoms with Crippen LogP contribution >= 0.6 is 0 Å². The molecule has 0 rings (SSSR count). The summed E-state index contributed by atoms with van der Waals surface area (Å²) in [6, 6.07) is 0. The van der Waals surface area contributed by atoms with Crippen LogP contribution in [0.1, 0.15) is 20.8 Å². The minimum atomic E-state index is -4.78. The average Bonchev–Trinajstić information content (AvgIpc) is 1.14. The van der Waals surface area contributed by atoms with E-state index in [1.807, 2.05) is 0 Å². The van der Waals surface area contributed by atoms with E-state index in [1.165, 1.54) is 20.8 Å². The van der Waals surface area contributed by atoms with Gasteiger partial charge in [-0.15, -0.1) is 0 Å². The van der Waals surface area contributed by atoms with Crippen molar-refractivity contribution < 1.29 is 16.5 Å². The maximum atomic E-state index is 11.6. The predicted molar refractivity (Wildman–Crippen MR) is 30.9 cm³/mol. The molecule has 0 aliphatic carbocycles. The van der Waals surface area contributed by atoms with E-state index in [2.05, 4.69) is 4.18 Å². The zero-order valence-electron chi connectivity index (χ0n) is 5.51. The standard InChI is InChI=1S/C4H9FO3S/c1-4(2,3)8-9(5,6)7/h1-3H3. The molecule has 0 bridgehead atoms. The molecule has 0 aromatic rings.